The van der Waals surface area contributed by atoms with Crippen molar-refractivity contribution < 1.29 is 9.84 Å². The second-order valence-corrected chi connectivity index (χ2v) is 12.3. The molecule has 1 N–H and O–H groups in total. The molecule has 4 aliphatic rings. The molecular formula is C27H44N2O2. The molecule has 4 fully saturated rings. The quantitative estimate of drug-likeness (QED) is 0.676. The van der Waals surface area contributed by atoms with Crippen molar-refractivity contribution in [3.05, 3.63) is 18.0 Å². The van der Waals surface area contributed by atoms with E-state index >= 15 is 0 Å². The van der Waals surface area contributed by atoms with Gasteiger partial charge in [-0.2, -0.15) is 5.10 Å². The molecule has 0 radical (unpaired) electrons. The Kier molecular flexibility index (Phi) is 5.78. The molecule has 1 heterocycles. The van der Waals surface area contributed by atoms with Crippen molar-refractivity contribution in [3.63, 3.8) is 0 Å². The van der Waals surface area contributed by atoms with Crippen LogP contribution in [0.1, 0.15) is 77.2 Å². The number of nitrogens with zero attached hydrogens (tertiary/aromatic N) is 2. The smallest absolute Gasteiger partial charge is 0.0882 e. The lowest BCUT2D eigenvalue weighted by Gasteiger charge is -2.57. The van der Waals surface area contributed by atoms with Crippen molar-refractivity contribution in [2.75, 3.05) is 13.7 Å². The predicted octanol–water partition coefficient (Wildman–Crippen LogP) is 5.47. The van der Waals surface area contributed by atoms with Crippen molar-refractivity contribution >= 4 is 0 Å². The maximum atomic E-state index is 11.0. The fourth-order valence-corrected chi connectivity index (χ4v) is 9.33. The molecule has 4 nitrogen and oxygen atoms in total. The number of ether oxygens (including phenoxy) is 1. The Labute approximate surface area is 189 Å². The van der Waals surface area contributed by atoms with Gasteiger partial charge in [-0.1, -0.05) is 13.8 Å². The first-order valence-electron chi connectivity index (χ1n) is 13.0. The van der Waals surface area contributed by atoms with Crippen LogP contribution in [-0.4, -0.2) is 34.2 Å². The number of methoxy groups -OCH3 is 1. The topological polar surface area (TPSA) is 47.3 Å². The van der Waals surface area contributed by atoms with E-state index < -0.39 is 5.60 Å². The standard InChI is InChI=1S/C27H44N2O2/c1-18-14-28-29(15-18)16-19(2)24-7-8-25-23-6-5-20-13-27(30,17-31-4)12-10-21(20)22(23)9-11-26(24,25)3/h14-15,19-25,30H,5-13,16-17H2,1-4H3/t19-,20+,21-,22+,23+,24+,25-,26+,27+/m0/s1. The molecule has 174 valence electrons. The van der Waals surface area contributed by atoms with E-state index in [1.54, 1.807) is 7.11 Å². The number of fused-ring (bicyclic) bond motifs is 5. The minimum absolute atomic E-state index is 0.514. The first-order chi connectivity index (χ1) is 14.8. The lowest BCUT2D eigenvalue weighted by molar-refractivity contribution is -0.126. The highest BCUT2D eigenvalue weighted by Crippen LogP contribution is 2.65. The Balaban J connectivity index is 1.28. The van der Waals surface area contributed by atoms with Crippen LogP contribution in [0.15, 0.2) is 12.4 Å². The third-order valence-corrected chi connectivity index (χ3v) is 10.5. The van der Waals surface area contributed by atoms with Gasteiger partial charge in [0.05, 0.1) is 18.4 Å². The Hall–Kier alpha value is -0.870. The fraction of sp³-hybridized carbons (Fsp3) is 0.889. The lowest BCUT2D eigenvalue weighted by Crippen LogP contribution is -2.52. The monoisotopic (exact) mass is 428 g/mol. The van der Waals surface area contributed by atoms with E-state index in [4.69, 9.17) is 4.74 Å². The van der Waals surface area contributed by atoms with Gasteiger partial charge in [-0.15, -0.1) is 0 Å². The third-order valence-electron chi connectivity index (χ3n) is 10.5. The van der Waals surface area contributed by atoms with E-state index in [9.17, 15) is 5.11 Å². The maximum Gasteiger partial charge on any atom is 0.0882 e. The van der Waals surface area contributed by atoms with E-state index in [1.165, 1.54) is 50.5 Å². The van der Waals surface area contributed by atoms with Crippen molar-refractivity contribution in [1.82, 2.24) is 9.78 Å². The predicted molar refractivity (Wildman–Crippen MR) is 124 cm³/mol. The number of aryl methyl sites for hydroxylation is 1. The second kappa shape index (κ2) is 8.17. The van der Waals surface area contributed by atoms with E-state index in [0.717, 1.165) is 54.9 Å². The van der Waals surface area contributed by atoms with E-state index in [-0.39, 0.29) is 0 Å². The normalized spacial score (nSPS) is 45.6. The fourth-order valence-electron chi connectivity index (χ4n) is 9.33. The van der Waals surface area contributed by atoms with Crippen molar-refractivity contribution in [2.24, 2.45) is 46.8 Å². The number of hydrogen-bond donors (Lipinski definition) is 1. The largest absolute Gasteiger partial charge is 0.387 e. The van der Waals surface area contributed by atoms with Crippen LogP contribution in [0.3, 0.4) is 0 Å². The van der Waals surface area contributed by atoms with Gasteiger partial charge >= 0.3 is 0 Å². The Morgan fingerprint density at radius 1 is 1.13 bits per heavy atom. The van der Waals surface area contributed by atoms with Gasteiger partial charge in [0, 0.05) is 19.9 Å². The highest BCUT2D eigenvalue weighted by molar-refractivity contribution is 5.08. The molecular weight excluding hydrogens is 384 g/mol. The van der Waals surface area contributed by atoms with Gasteiger partial charge in [0.15, 0.2) is 0 Å². The van der Waals surface area contributed by atoms with Crippen molar-refractivity contribution in [1.29, 1.82) is 0 Å². The lowest BCUT2D eigenvalue weighted by atomic mass is 9.48. The van der Waals surface area contributed by atoms with Gasteiger partial charge in [0.1, 0.15) is 0 Å². The number of rotatable bonds is 5. The zero-order valence-electron chi connectivity index (χ0n) is 20.2. The summed E-state index contributed by atoms with van der Waals surface area (Å²) < 4.78 is 7.54. The molecule has 0 aliphatic heterocycles. The van der Waals surface area contributed by atoms with Gasteiger partial charge < -0.3 is 9.84 Å². The van der Waals surface area contributed by atoms with Crippen LogP contribution in [0.4, 0.5) is 0 Å². The summed E-state index contributed by atoms with van der Waals surface area (Å²) in [6.07, 6.45) is 15.7. The van der Waals surface area contributed by atoms with Crippen LogP contribution in [-0.2, 0) is 11.3 Å². The van der Waals surface area contributed by atoms with Crippen LogP contribution < -0.4 is 0 Å². The van der Waals surface area contributed by atoms with Gasteiger partial charge in [-0.3, -0.25) is 4.68 Å². The van der Waals surface area contributed by atoms with Crippen LogP contribution in [0.25, 0.3) is 0 Å². The van der Waals surface area contributed by atoms with E-state index in [0.29, 0.717) is 17.9 Å². The molecule has 1 aromatic heterocycles. The summed E-state index contributed by atoms with van der Waals surface area (Å²) in [5.74, 6) is 5.85. The number of hydrogen-bond acceptors (Lipinski definition) is 3. The van der Waals surface area contributed by atoms with Crippen LogP contribution in [0.2, 0.25) is 0 Å². The van der Waals surface area contributed by atoms with Gasteiger partial charge in [0.2, 0.25) is 0 Å². The maximum absolute atomic E-state index is 11.0. The summed E-state index contributed by atoms with van der Waals surface area (Å²) in [5, 5.41) is 15.6. The van der Waals surface area contributed by atoms with Gasteiger partial charge in [0.25, 0.3) is 0 Å². The second-order valence-electron chi connectivity index (χ2n) is 12.3. The van der Waals surface area contributed by atoms with Crippen LogP contribution >= 0.6 is 0 Å². The molecule has 0 unspecified atom stereocenters. The SMILES string of the molecule is COC[C@@]1(O)CC[C@H]2[C@H](CC[C@@H]3[C@@H]2CC[C@]2(C)[C@@H]([C@@H](C)Cn4cc(C)cn4)CC[C@@H]32)C1. The molecule has 0 bridgehead atoms. The Morgan fingerprint density at radius 2 is 1.94 bits per heavy atom. The molecule has 0 aromatic carbocycles. The van der Waals surface area contributed by atoms with Crippen LogP contribution in [0, 0.1) is 53.8 Å². The highest BCUT2D eigenvalue weighted by Gasteiger charge is 2.58. The van der Waals surface area contributed by atoms with Crippen LogP contribution in [0.5, 0.6) is 0 Å². The molecule has 1 aromatic rings. The molecule has 0 amide bonds. The zero-order chi connectivity index (χ0) is 21.8. The summed E-state index contributed by atoms with van der Waals surface area (Å²) in [4.78, 5) is 0. The molecule has 5 rings (SSSR count). The highest BCUT2D eigenvalue weighted by atomic mass is 16.5. The minimum atomic E-state index is -0.565. The molecule has 4 aliphatic carbocycles. The first-order valence-corrected chi connectivity index (χ1v) is 13.0. The molecule has 9 atom stereocenters. The first kappa shape index (κ1) is 21.9. The minimum Gasteiger partial charge on any atom is -0.387 e. The molecule has 0 spiro atoms. The zero-order valence-corrected chi connectivity index (χ0v) is 20.2. The van der Waals surface area contributed by atoms with Crippen molar-refractivity contribution in [3.8, 4) is 0 Å². The summed E-state index contributed by atoms with van der Waals surface area (Å²) >= 11 is 0. The molecule has 0 saturated heterocycles. The molecule has 4 heteroatoms. The van der Waals surface area contributed by atoms with Crippen molar-refractivity contribution in [2.45, 2.75) is 90.7 Å². The molecule has 4 saturated carbocycles. The number of aliphatic hydroxyl groups is 1. The Bertz CT molecular complexity index is 777. The van der Waals surface area contributed by atoms with Gasteiger partial charge in [-0.05, 0) is 117 Å². The summed E-state index contributed by atoms with van der Waals surface area (Å²) in [6.45, 7) is 8.86. The third kappa shape index (κ3) is 3.80. The van der Waals surface area contributed by atoms with Gasteiger partial charge in [-0.25, -0.2) is 0 Å². The Morgan fingerprint density at radius 3 is 2.68 bits per heavy atom. The van der Waals surface area contributed by atoms with E-state index in [2.05, 4.69) is 36.7 Å². The average molecular weight is 429 g/mol. The summed E-state index contributed by atoms with van der Waals surface area (Å²) in [6, 6.07) is 0. The summed E-state index contributed by atoms with van der Waals surface area (Å²) in [5.41, 5.74) is 1.22. The van der Waals surface area contributed by atoms with E-state index in [1.807, 2.05) is 6.20 Å². The summed E-state index contributed by atoms with van der Waals surface area (Å²) in [7, 11) is 1.73. The average Bonchev–Trinajstić information content (AvgIpc) is 3.29. The molecule has 31 heavy (non-hydrogen) atoms. The number of aromatic nitrogens is 2.